The average Bonchev–Trinajstić information content (AvgIpc) is 3.12. The molecule has 27 heavy (non-hydrogen) atoms. The maximum absolute atomic E-state index is 12.3. The van der Waals surface area contributed by atoms with E-state index < -0.39 is 5.97 Å². The average molecular weight is 378 g/mol. The molecule has 1 aromatic heterocycles. The molecule has 3 aromatic rings. The summed E-state index contributed by atoms with van der Waals surface area (Å²) < 4.78 is 10.9. The van der Waals surface area contributed by atoms with E-state index >= 15 is 0 Å². The van der Waals surface area contributed by atoms with E-state index in [1.807, 2.05) is 49.6 Å². The molecule has 1 heterocycles. The molecule has 0 aliphatic rings. The lowest BCUT2D eigenvalue weighted by Crippen LogP contribution is -2.12. The van der Waals surface area contributed by atoms with E-state index in [4.69, 9.17) is 14.7 Å². The summed E-state index contributed by atoms with van der Waals surface area (Å²) in [5.41, 5.74) is 3.32. The molecule has 0 bridgehead atoms. The molecule has 3 rings (SSSR count). The first-order valence-electron chi connectivity index (χ1n) is 8.48. The van der Waals surface area contributed by atoms with E-state index in [2.05, 4.69) is 4.98 Å². The van der Waals surface area contributed by atoms with Crippen molar-refractivity contribution >= 4 is 17.3 Å². The van der Waals surface area contributed by atoms with Crippen LogP contribution in [0.15, 0.2) is 47.8 Å². The molecule has 0 N–H and O–H groups in total. The first kappa shape index (κ1) is 18.6. The van der Waals surface area contributed by atoms with Gasteiger partial charge in [-0.2, -0.15) is 5.26 Å². The van der Waals surface area contributed by atoms with Gasteiger partial charge in [0.15, 0.2) is 11.5 Å². The van der Waals surface area contributed by atoms with Crippen molar-refractivity contribution < 1.29 is 14.3 Å². The van der Waals surface area contributed by atoms with Gasteiger partial charge in [0, 0.05) is 17.0 Å². The standard InChI is InChI=1S/C21H18N2O3S/c1-3-25-19-10-15(12-22)6-9-18(19)26-20(24)11-17-13-27-21(23-17)16-7-4-14(2)5-8-16/h4-10,13H,3,11H2,1-2H3. The van der Waals surface area contributed by atoms with Crippen LogP contribution in [0.1, 0.15) is 23.7 Å². The number of carbonyl (C=O) groups is 1. The molecule has 0 fully saturated rings. The van der Waals surface area contributed by atoms with Gasteiger partial charge >= 0.3 is 5.97 Å². The highest BCUT2D eigenvalue weighted by atomic mass is 32.1. The minimum absolute atomic E-state index is 0.0634. The van der Waals surface area contributed by atoms with Crippen molar-refractivity contribution in [2.75, 3.05) is 6.61 Å². The summed E-state index contributed by atoms with van der Waals surface area (Å²) >= 11 is 1.49. The van der Waals surface area contributed by atoms with Crippen LogP contribution < -0.4 is 9.47 Å². The number of carbonyl (C=O) groups excluding carboxylic acids is 1. The Kier molecular flexibility index (Phi) is 5.84. The number of rotatable bonds is 6. The Labute approximate surface area is 161 Å². The van der Waals surface area contributed by atoms with Crippen LogP contribution >= 0.6 is 11.3 Å². The van der Waals surface area contributed by atoms with Crippen LogP contribution in [0.5, 0.6) is 11.5 Å². The van der Waals surface area contributed by atoms with Gasteiger partial charge in [-0.15, -0.1) is 11.3 Å². The molecule has 0 aliphatic heterocycles. The number of aryl methyl sites for hydroxylation is 1. The number of benzene rings is 2. The number of nitrogens with zero attached hydrogens (tertiary/aromatic N) is 2. The summed E-state index contributed by atoms with van der Waals surface area (Å²) in [5.74, 6) is 0.250. The highest BCUT2D eigenvalue weighted by molar-refractivity contribution is 7.13. The van der Waals surface area contributed by atoms with E-state index in [1.54, 1.807) is 18.2 Å². The minimum Gasteiger partial charge on any atom is -0.490 e. The van der Waals surface area contributed by atoms with Gasteiger partial charge in [-0.1, -0.05) is 29.8 Å². The van der Waals surface area contributed by atoms with Crippen LogP contribution in [-0.4, -0.2) is 17.6 Å². The predicted octanol–water partition coefficient (Wildman–Crippen LogP) is 4.54. The van der Waals surface area contributed by atoms with E-state index in [-0.39, 0.29) is 6.42 Å². The molecule has 0 atom stereocenters. The number of esters is 1. The van der Waals surface area contributed by atoms with Crippen LogP contribution in [0.3, 0.4) is 0 Å². The van der Waals surface area contributed by atoms with E-state index in [0.717, 1.165) is 10.6 Å². The maximum Gasteiger partial charge on any atom is 0.317 e. The van der Waals surface area contributed by atoms with Crippen LogP contribution in [0.25, 0.3) is 10.6 Å². The normalized spacial score (nSPS) is 10.3. The van der Waals surface area contributed by atoms with Crippen molar-refractivity contribution in [2.45, 2.75) is 20.3 Å². The molecule has 0 saturated carbocycles. The molecule has 5 nitrogen and oxygen atoms in total. The third kappa shape index (κ3) is 4.72. The molecule has 6 heteroatoms. The van der Waals surface area contributed by atoms with Gasteiger partial charge in [0.2, 0.25) is 0 Å². The second-order valence-corrected chi connectivity index (χ2v) is 6.73. The molecule has 0 amide bonds. The van der Waals surface area contributed by atoms with Crippen molar-refractivity contribution in [2.24, 2.45) is 0 Å². The molecule has 0 saturated heterocycles. The lowest BCUT2D eigenvalue weighted by atomic mass is 10.2. The third-order valence-electron chi connectivity index (χ3n) is 3.77. The molecule has 0 unspecified atom stereocenters. The van der Waals surface area contributed by atoms with Gasteiger partial charge in [-0.25, -0.2) is 4.98 Å². The first-order valence-corrected chi connectivity index (χ1v) is 9.36. The summed E-state index contributed by atoms with van der Waals surface area (Å²) in [6.45, 7) is 4.27. The van der Waals surface area contributed by atoms with Crippen molar-refractivity contribution in [3.8, 4) is 28.1 Å². The third-order valence-corrected chi connectivity index (χ3v) is 4.71. The molecule has 136 valence electrons. The van der Waals surface area contributed by atoms with Crippen LogP contribution in [-0.2, 0) is 11.2 Å². The molecule has 0 aliphatic carbocycles. The minimum atomic E-state index is -0.429. The fourth-order valence-corrected chi connectivity index (χ4v) is 3.28. The zero-order valence-electron chi connectivity index (χ0n) is 15.1. The lowest BCUT2D eigenvalue weighted by molar-refractivity contribution is -0.133. The number of thiazole rings is 1. The van der Waals surface area contributed by atoms with E-state index in [0.29, 0.717) is 29.4 Å². The second kappa shape index (κ2) is 8.47. The van der Waals surface area contributed by atoms with Gasteiger partial charge in [0.1, 0.15) is 5.01 Å². The van der Waals surface area contributed by atoms with Crippen LogP contribution in [0.2, 0.25) is 0 Å². The zero-order chi connectivity index (χ0) is 19.2. The highest BCUT2D eigenvalue weighted by Gasteiger charge is 2.14. The number of aromatic nitrogens is 1. The fourth-order valence-electron chi connectivity index (χ4n) is 2.45. The Bertz CT molecular complexity index is 987. The van der Waals surface area contributed by atoms with E-state index in [1.165, 1.54) is 16.9 Å². The quantitative estimate of drug-likeness (QED) is 0.465. The monoisotopic (exact) mass is 378 g/mol. The molecular weight excluding hydrogens is 360 g/mol. The maximum atomic E-state index is 12.3. The van der Waals surface area contributed by atoms with Crippen LogP contribution in [0, 0.1) is 18.3 Å². The predicted molar refractivity (Wildman–Crippen MR) is 104 cm³/mol. The van der Waals surface area contributed by atoms with Gasteiger partial charge in [0.05, 0.1) is 30.4 Å². The summed E-state index contributed by atoms with van der Waals surface area (Å²) in [4.78, 5) is 16.8. The summed E-state index contributed by atoms with van der Waals surface area (Å²) in [7, 11) is 0. The Morgan fingerprint density at radius 1 is 1.19 bits per heavy atom. The summed E-state index contributed by atoms with van der Waals surface area (Å²) in [5, 5.41) is 11.7. The highest BCUT2D eigenvalue weighted by Crippen LogP contribution is 2.29. The van der Waals surface area contributed by atoms with Gasteiger partial charge < -0.3 is 9.47 Å². The second-order valence-electron chi connectivity index (χ2n) is 5.87. The lowest BCUT2D eigenvalue weighted by Gasteiger charge is -2.10. The smallest absolute Gasteiger partial charge is 0.317 e. The Hall–Kier alpha value is -3.17. The van der Waals surface area contributed by atoms with Crippen molar-refractivity contribution in [1.82, 2.24) is 4.98 Å². The van der Waals surface area contributed by atoms with Crippen molar-refractivity contribution in [3.63, 3.8) is 0 Å². The SMILES string of the molecule is CCOc1cc(C#N)ccc1OC(=O)Cc1csc(-c2ccc(C)cc2)n1. The number of hydrogen-bond acceptors (Lipinski definition) is 6. The molecule has 0 radical (unpaired) electrons. The molecular formula is C21H18N2O3S. The van der Waals surface area contributed by atoms with Crippen molar-refractivity contribution in [3.05, 3.63) is 64.7 Å². The summed E-state index contributed by atoms with van der Waals surface area (Å²) in [6.07, 6.45) is 0.0634. The van der Waals surface area contributed by atoms with Gasteiger partial charge in [-0.05, 0) is 26.0 Å². The zero-order valence-corrected chi connectivity index (χ0v) is 15.9. The molecule has 0 spiro atoms. The van der Waals surface area contributed by atoms with Gasteiger partial charge in [0.25, 0.3) is 0 Å². The number of hydrogen-bond donors (Lipinski definition) is 0. The number of nitriles is 1. The van der Waals surface area contributed by atoms with Crippen molar-refractivity contribution in [1.29, 1.82) is 5.26 Å². The summed E-state index contributed by atoms with van der Waals surface area (Å²) in [6, 6.07) is 14.9. The Balaban J connectivity index is 1.70. The largest absolute Gasteiger partial charge is 0.490 e. The first-order chi connectivity index (χ1) is 13.1. The van der Waals surface area contributed by atoms with E-state index in [9.17, 15) is 4.79 Å². The number of ether oxygens (including phenoxy) is 2. The Morgan fingerprint density at radius 3 is 2.67 bits per heavy atom. The molecule has 2 aromatic carbocycles. The topological polar surface area (TPSA) is 72.2 Å². The van der Waals surface area contributed by atoms with Gasteiger partial charge in [-0.3, -0.25) is 4.79 Å². The van der Waals surface area contributed by atoms with Crippen LogP contribution in [0.4, 0.5) is 0 Å². The fraction of sp³-hybridized carbons (Fsp3) is 0.190. The Morgan fingerprint density at radius 2 is 1.96 bits per heavy atom.